The second kappa shape index (κ2) is 3.01. The molecule has 0 saturated heterocycles. The van der Waals surface area contributed by atoms with Gasteiger partial charge in [-0.25, -0.2) is 0 Å². The fourth-order valence-corrected chi connectivity index (χ4v) is 2.04. The van der Waals surface area contributed by atoms with Gasteiger partial charge >= 0.3 is 0 Å². The van der Waals surface area contributed by atoms with Crippen LogP contribution in [0.3, 0.4) is 0 Å². The molecule has 76 valence electrons. The van der Waals surface area contributed by atoms with Crippen molar-refractivity contribution in [2.75, 3.05) is 0 Å². The molecule has 0 unspecified atom stereocenters. The van der Waals surface area contributed by atoms with Crippen LogP contribution in [0.2, 0.25) is 0 Å². The van der Waals surface area contributed by atoms with Crippen LogP contribution in [0, 0.1) is 11.3 Å². The van der Waals surface area contributed by atoms with Crippen LogP contribution in [0.15, 0.2) is 42.6 Å². The Labute approximate surface area is 91.8 Å². The van der Waals surface area contributed by atoms with Crippen LogP contribution in [0.5, 0.6) is 5.75 Å². The molecule has 3 rings (SSSR count). The van der Waals surface area contributed by atoms with Crippen LogP contribution in [-0.4, -0.2) is 9.51 Å². The molecule has 0 fully saturated rings. The average Bonchev–Trinajstić information content (AvgIpc) is 2.62. The van der Waals surface area contributed by atoms with E-state index in [1.54, 1.807) is 18.3 Å². The Morgan fingerprint density at radius 3 is 2.69 bits per heavy atom. The Hall–Kier alpha value is -2.47. The van der Waals surface area contributed by atoms with Gasteiger partial charge in [0.05, 0.1) is 22.8 Å². The Kier molecular flexibility index (Phi) is 1.66. The Morgan fingerprint density at radius 2 is 1.88 bits per heavy atom. The molecule has 2 heterocycles. The van der Waals surface area contributed by atoms with Crippen molar-refractivity contribution in [1.82, 2.24) is 4.40 Å². The molecule has 1 aromatic carbocycles. The van der Waals surface area contributed by atoms with Crippen LogP contribution < -0.4 is 0 Å². The molecule has 1 N–H and O–H groups in total. The third-order valence-electron chi connectivity index (χ3n) is 2.73. The van der Waals surface area contributed by atoms with Crippen LogP contribution in [0.4, 0.5) is 0 Å². The number of nitrogens with zero attached hydrogens (tertiary/aromatic N) is 2. The predicted octanol–water partition coefficient (Wildman–Crippen LogP) is 2.67. The number of hydrogen-bond acceptors (Lipinski definition) is 2. The zero-order valence-electron chi connectivity index (χ0n) is 8.38. The van der Waals surface area contributed by atoms with E-state index in [4.69, 9.17) is 5.26 Å². The number of aromatic nitrogens is 1. The van der Waals surface area contributed by atoms with Gasteiger partial charge in [0, 0.05) is 5.39 Å². The normalized spacial score (nSPS) is 10.7. The zero-order chi connectivity index (χ0) is 11.1. The molecule has 0 saturated carbocycles. The first-order valence-corrected chi connectivity index (χ1v) is 4.93. The predicted molar refractivity (Wildman–Crippen MR) is 61.3 cm³/mol. The van der Waals surface area contributed by atoms with E-state index in [1.165, 1.54) is 0 Å². The van der Waals surface area contributed by atoms with E-state index in [0.29, 0.717) is 5.56 Å². The lowest BCUT2D eigenvalue weighted by molar-refractivity contribution is 0.472. The molecule has 0 aliphatic carbocycles. The number of benzene rings is 1. The van der Waals surface area contributed by atoms with Crippen LogP contribution >= 0.6 is 0 Å². The van der Waals surface area contributed by atoms with Gasteiger partial charge in [-0.3, -0.25) is 0 Å². The van der Waals surface area contributed by atoms with Crippen molar-refractivity contribution in [2.45, 2.75) is 0 Å². The monoisotopic (exact) mass is 208 g/mol. The molecule has 2 aromatic heterocycles. The standard InChI is InChI=1S/C13H8N2O/c14-7-11-10-3-1-2-4-12(10)15-8-9(16)5-6-13(11)15/h1-6,8,16H. The summed E-state index contributed by atoms with van der Waals surface area (Å²) in [4.78, 5) is 0. The first kappa shape index (κ1) is 8.81. The number of hydrogen-bond donors (Lipinski definition) is 1. The van der Waals surface area contributed by atoms with Crippen molar-refractivity contribution in [2.24, 2.45) is 0 Å². The number of nitriles is 1. The van der Waals surface area contributed by atoms with E-state index >= 15 is 0 Å². The molecule has 3 nitrogen and oxygen atoms in total. The van der Waals surface area contributed by atoms with E-state index in [2.05, 4.69) is 6.07 Å². The number of rotatable bonds is 0. The first-order valence-electron chi connectivity index (χ1n) is 4.93. The van der Waals surface area contributed by atoms with E-state index in [0.717, 1.165) is 16.4 Å². The summed E-state index contributed by atoms with van der Waals surface area (Å²) in [6, 6.07) is 13.2. The first-order chi connectivity index (χ1) is 7.81. The molecular formula is C13H8N2O. The van der Waals surface area contributed by atoms with Gasteiger partial charge in [-0.1, -0.05) is 18.2 Å². The number of aromatic hydroxyl groups is 1. The Morgan fingerprint density at radius 1 is 1.06 bits per heavy atom. The van der Waals surface area contributed by atoms with Crippen molar-refractivity contribution in [3.8, 4) is 11.8 Å². The summed E-state index contributed by atoms with van der Waals surface area (Å²) in [7, 11) is 0. The SMILES string of the molecule is N#Cc1c2ccccc2n2cc(O)ccc12. The van der Waals surface area contributed by atoms with Gasteiger partial charge in [-0.05, 0) is 18.2 Å². The molecule has 3 aromatic rings. The minimum atomic E-state index is 0.192. The summed E-state index contributed by atoms with van der Waals surface area (Å²) in [5.74, 6) is 0.192. The minimum absolute atomic E-state index is 0.192. The maximum atomic E-state index is 9.47. The second-order valence-corrected chi connectivity index (χ2v) is 3.65. The van der Waals surface area contributed by atoms with Gasteiger partial charge in [-0.15, -0.1) is 0 Å². The topological polar surface area (TPSA) is 48.4 Å². The van der Waals surface area contributed by atoms with E-state index in [1.807, 2.05) is 28.7 Å². The zero-order valence-corrected chi connectivity index (χ0v) is 8.38. The highest BCUT2D eigenvalue weighted by Gasteiger charge is 2.10. The quantitative estimate of drug-likeness (QED) is 0.617. The van der Waals surface area contributed by atoms with Crippen molar-refractivity contribution in [3.63, 3.8) is 0 Å². The lowest BCUT2D eigenvalue weighted by atomic mass is 10.2. The number of para-hydroxylation sites is 1. The molecule has 0 atom stereocenters. The second-order valence-electron chi connectivity index (χ2n) is 3.65. The fourth-order valence-electron chi connectivity index (χ4n) is 2.04. The summed E-state index contributed by atoms with van der Waals surface area (Å²) in [6.45, 7) is 0. The van der Waals surface area contributed by atoms with Crippen molar-refractivity contribution in [3.05, 3.63) is 48.2 Å². The molecular weight excluding hydrogens is 200 g/mol. The van der Waals surface area contributed by atoms with Gasteiger partial charge in [0.25, 0.3) is 0 Å². The van der Waals surface area contributed by atoms with E-state index < -0.39 is 0 Å². The summed E-state index contributed by atoms with van der Waals surface area (Å²) in [5.41, 5.74) is 2.40. The summed E-state index contributed by atoms with van der Waals surface area (Å²) in [5, 5.41) is 19.5. The summed E-state index contributed by atoms with van der Waals surface area (Å²) in [6.07, 6.45) is 1.62. The average molecular weight is 208 g/mol. The molecule has 0 spiro atoms. The lowest BCUT2D eigenvalue weighted by Crippen LogP contribution is -1.82. The Bertz CT molecular complexity index is 735. The van der Waals surface area contributed by atoms with Gasteiger partial charge in [0.1, 0.15) is 11.8 Å². The highest BCUT2D eigenvalue weighted by Crippen LogP contribution is 2.27. The maximum absolute atomic E-state index is 9.47. The van der Waals surface area contributed by atoms with Crippen LogP contribution in [0.1, 0.15) is 5.56 Å². The smallest absolute Gasteiger partial charge is 0.132 e. The van der Waals surface area contributed by atoms with Gasteiger partial charge < -0.3 is 9.51 Å². The molecule has 3 heteroatoms. The molecule has 0 amide bonds. The largest absolute Gasteiger partial charge is 0.506 e. The number of pyridine rings is 1. The van der Waals surface area contributed by atoms with Crippen LogP contribution in [0.25, 0.3) is 16.4 Å². The van der Waals surface area contributed by atoms with Gasteiger partial charge in [-0.2, -0.15) is 5.26 Å². The highest BCUT2D eigenvalue weighted by molar-refractivity contribution is 5.95. The third kappa shape index (κ3) is 1.01. The highest BCUT2D eigenvalue weighted by atomic mass is 16.3. The van der Waals surface area contributed by atoms with Gasteiger partial charge in [0.2, 0.25) is 0 Å². The molecule has 0 aliphatic rings. The van der Waals surface area contributed by atoms with E-state index in [-0.39, 0.29) is 5.75 Å². The van der Waals surface area contributed by atoms with Crippen molar-refractivity contribution >= 4 is 16.4 Å². The molecule has 0 aliphatic heterocycles. The summed E-state index contributed by atoms with van der Waals surface area (Å²) < 4.78 is 1.84. The van der Waals surface area contributed by atoms with E-state index in [9.17, 15) is 5.11 Å². The van der Waals surface area contributed by atoms with Crippen LogP contribution in [-0.2, 0) is 0 Å². The number of fused-ring (bicyclic) bond motifs is 3. The maximum Gasteiger partial charge on any atom is 0.132 e. The van der Waals surface area contributed by atoms with Gasteiger partial charge in [0.15, 0.2) is 0 Å². The Balaban J connectivity index is 2.65. The fraction of sp³-hybridized carbons (Fsp3) is 0. The molecule has 16 heavy (non-hydrogen) atoms. The molecule has 0 bridgehead atoms. The molecule has 0 radical (unpaired) electrons. The minimum Gasteiger partial charge on any atom is -0.506 e. The third-order valence-corrected chi connectivity index (χ3v) is 2.73. The van der Waals surface area contributed by atoms with Crippen molar-refractivity contribution < 1.29 is 5.11 Å². The summed E-state index contributed by atoms with van der Waals surface area (Å²) >= 11 is 0. The van der Waals surface area contributed by atoms with Crippen molar-refractivity contribution in [1.29, 1.82) is 5.26 Å². The lowest BCUT2D eigenvalue weighted by Gasteiger charge is -1.97.